The van der Waals surface area contributed by atoms with Gasteiger partial charge in [-0.25, -0.2) is 0 Å². The molecule has 3 nitrogen and oxygen atoms in total. The molecule has 8 aromatic rings. The summed E-state index contributed by atoms with van der Waals surface area (Å²) in [6.07, 6.45) is 4.66. The number of benzene rings is 7. The Balaban J connectivity index is 1.25. The molecule has 3 heterocycles. The number of nitrogens with zero attached hydrogens (tertiary/aromatic N) is 3. The van der Waals surface area contributed by atoms with Crippen LogP contribution in [0.3, 0.4) is 0 Å². The predicted molar refractivity (Wildman–Crippen MR) is 364 cm³/mol. The van der Waals surface area contributed by atoms with E-state index < -0.39 is 16.1 Å². The molecule has 0 bridgehead atoms. The molecular formula is C74H90BN3SSi2. The van der Waals surface area contributed by atoms with E-state index in [1.54, 1.807) is 0 Å². The Morgan fingerprint density at radius 1 is 0.444 bits per heavy atom. The van der Waals surface area contributed by atoms with Gasteiger partial charge in [0.1, 0.15) is 0 Å². The molecule has 0 unspecified atom stereocenters. The fraction of sp³-hybridized carbons (Fsp3) is 0.405. The number of fused-ring (bicyclic) bond motifs is 8. The maximum Gasteiger partial charge on any atom is 0.264 e. The SMILES string of the molecule is CC(C)(C)c1ccc(N2c3cc(N(c4ccc([Si](C)(C)C)cc4)c4ccc([Si](C)(C)C)cc4)cc4c3B(c3cc5c(cc3N4c3ccc4c(c3)C(C)(C)CCC4(C)C)C(C)(C)CCC5(C)C)c3sc4ccc(C(C)(C)C)cc4c32)cc1. The van der Waals surface area contributed by atoms with Crippen molar-refractivity contribution in [1.29, 1.82) is 0 Å². The van der Waals surface area contributed by atoms with Gasteiger partial charge in [0.15, 0.2) is 0 Å². The van der Waals surface area contributed by atoms with Crippen LogP contribution < -0.4 is 40.8 Å². The van der Waals surface area contributed by atoms with Crippen LogP contribution in [0.2, 0.25) is 39.3 Å². The number of thiophene rings is 1. The van der Waals surface area contributed by atoms with E-state index in [4.69, 9.17) is 0 Å². The van der Waals surface area contributed by atoms with Crippen molar-refractivity contribution in [3.05, 3.63) is 167 Å². The van der Waals surface area contributed by atoms with Gasteiger partial charge < -0.3 is 14.7 Å². The van der Waals surface area contributed by atoms with Crippen molar-refractivity contribution in [3.8, 4) is 0 Å². The minimum absolute atomic E-state index is 0.00730. The largest absolute Gasteiger partial charge is 0.311 e. The lowest BCUT2D eigenvalue weighted by Gasteiger charge is -2.48. The summed E-state index contributed by atoms with van der Waals surface area (Å²) in [5.74, 6) is 0. The molecule has 4 aliphatic rings. The third-order valence-electron chi connectivity index (χ3n) is 19.8. The molecular weight excluding hydrogens is 1030 g/mol. The van der Waals surface area contributed by atoms with Crippen molar-refractivity contribution in [3.63, 3.8) is 0 Å². The minimum atomic E-state index is -1.61. The van der Waals surface area contributed by atoms with Crippen molar-refractivity contribution < 1.29 is 0 Å². The molecule has 7 aromatic carbocycles. The summed E-state index contributed by atoms with van der Waals surface area (Å²) in [6.45, 7) is 48.8. The molecule has 0 radical (unpaired) electrons. The highest BCUT2D eigenvalue weighted by molar-refractivity contribution is 7.33. The normalized spacial score (nSPS) is 17.8. The first-order valence-corrected chi connectivity index (χ1v) is 38.3. The van der Waals surface area contributed by atoms with E-state index in [2.05, 4.69) is 284 Å². The lowest BCUT2D eigenvalue weighted by Crippen LogP contribution is -2.61. The van der Waals surface area contributed by atoms with Gasteiger partial charge in [-0.2, -0.15) is 0 Å². The molecule has 2 aliphatic heterocycles. The second kappa shape index (κ2) is 18.4. The van der Waals surface area contributed by atoms with Gasteiger partial charge in [0.05, 0.1) is 27.5 Å². The highest BCUT2D eigenvalue weighted by Crippen LogP contribution is 2.55. The van der Waals surface area contributed by atoms with Crippen LogP contribution in [0, 0.1) is 0 Å². The van der Waals surface area contributed by atoms with Gasteiger partial charge in [-0.05, 0) is 181 Å². The molecule has 418 valence electrons. The van der Waals surface area contributed by atoms with E-state index in [9.17, 15) is 0 Å². The van der Waals surface area contributed by atoms with Gasteiger partial charge in [0.2, 0.25) is 0 Å². The van der Waals surface area contributed by atoms with Crippen LogP contribution in [-0.4, -0.2) is 22.9 Å². The molecule has 0 amide bonds. The summed E-state index contributed by atoms with van der Waals surface area (Å²) in [5, 5.41) is 4.27. The van der Waals surface area contributed by atoms with E-state index in [0.717, 1.165) is 24.9 Å². The second-order valence-corrected chi connectivity index (χ2v) is 43.0. The summed E-state index contributed by atoms with van der Waals surface area (Å²) in [7, 11) is -3.22. The van der Waals surface area contributed by atoms with Gasteiger partial charge in [-0.1, -0.05) is 201 Å². The summed E-state index contributed by atoms with van der Waals surface area (Å²) in [5.41, 5.74) is 22.7. The zero-order chi connectivity index (χ0) is 58.1. The van der Waals surface area contributed by atoms with Crippen molar-refractivity contribution in [1.82, 2.24) is 0 Å². The van der Waals surface area contributed by atoms with Crippen molar-refractivity contribution in [2.45, 2.75) is 194 Å². The number of hydrogen-bond acceptors (Lipinski definition) is 4. The molecule has 0 spiro atoms. The summed E-state index contributed by atoms with van der Waals surface area (Å²) in [4.78, 5) is 8.04. The Labute approximate surface area is 494 Å². The zero-order valence-electron chi connectivity index (χ0n) is 52.9. The van der Waals surface area contributed by atoms with Crippen molar-refractivity contribution in [2.75, 3.05) is 14.7 Å². The molecule has 1 aromatic heterocycles. The number of anilines is 9. The average molecular weight is 1120 g/mol. The molecule has 0 saturated heterocycles. The Kier molecular flexibility index (Phi) is 12.7. The monoisotopic (exact) mass is 1120 g/mol. The van der Waals surface area contributed by atoms with Crippen LogP contribution in [0.4, 0.5) is 51.2 Å². The Morgan fingerprint density at radius 3 is 1.41 bits per heavy atom. The third kappa shape index (κ3) is 9.33. The molecule has 2 aliphatic carbocycles. The fourth-order valence-electron chi connectivity index (χ4n) is 14.2. The molecule has 7 heteroatoms. The van der Waals surface area contributed by atoms with E-state index in [-0.39, 0.29) is 39.2 Å². The maximum absolute atomic E-state index is 2.75. The lowest BCUT2D eigenvalue weighted by atomic mass is 9.35. The van der Waals surface area contributed by atoms with E-state index in [1.807, 2.05) is 11.3 Å². The molecule has 0 N–H and O–H groups in total. The summed E-state index contributed by atoms with van der Waals surface area (Å²) in [6, 6.07) is 54.6. The van der Waals surface area contributed by atoms with Crippen molar-refractivity contribution >= 4 is 122 Å². The standard InChI is InChI=1S/C74H90BN3SSi2/c1-69(2,3)47-21-24-51(25-22-47)78-64-44-53(76(49-26-31-54(32-27-49)80(15,16)17)50-28-33-55(34-29-50)81(18,19)20)43-63-66(64)75(68-67(78)56-41-48(70(4,5)6)23-36-65(56)79-68)61-45-59-60(74(13,14)40-39-73(59,11)12)46-62(61)77(63)52-30-35-57-58(42-52)72(9,10)38-37-71(57,7)8/h21-36,41-46H,37-40H2,1-20H3. The van der Waals surface area contributed by atoms with E-state index in [1.165, 1.54) is 121 Å². The van der Waals surface area contributed by atoms with Gasteiger partial charge in [0.25, 0.3) is 6.71 Å². The van der Waals surface area contributed by atoms with Crippen LogP contribution in [0.5, 0.6) is 0 Å². The van der Waals surface area contributed by atoms with Crippen LogP contribution in [0.1, 0.15) is 156 Å². The van der Waals surface area contributed by atoms with E-state index in [0.29, 0.717) is 0 Å². The zero-order valence-corrected chi connectivity index (χ0v) is 55.7. The highest BCUT2D eigenvalue weighted by Gasteiger charge is 2.49. The van der Waals surface area contributed by atoms with Crippen LogP contribution >= 0.6 is 11.3 Å². The van der Waals surface area contributed by atoms with Crippen LogP contribution in [-0.2, 0) is 32.5 Å². The van der Waals surface area contributed by atoms with Gasteiger partial charge in [0, 0.05) is 54.7 Å². The maximum atomic E-state index is 2.75. The molecule has 81 heavy (non-hydrogen) atoms. The number of hydrogen-bond donors (Lipinski definition) is 0. The van der Waals surface area contributed by atoms with Gasteiger partial charge in [-0.15, -0.1) is 11.3 Å². The minimum Gasteiger partial charge on any atom is -0.311 e. The van der Waals surface area contributed by atoms with E-state index >= 15 is 0 Å². The Hall–Kier alpha value is -5.60. The highest BCUT2D eigenvalue weighted by atomic mass is 32.1. The van der Waals surface area contributed by atoms with Gasteiger partial charge >= 0.3 is 0 Å². The molecule has 0 saturated carbocycles. The Bertz CT molecular complexity index is 3760. The summed E-state index contributed by atoms with van der Waals surface area (Å²) >= 11 is 2.03. The van der Waals surface area contributed by atoms with Crippen molar-refractivity contribution in [2.24, 2.45) is 0 Å². The van der Waals surface area contributed by atoms with Gasteiger partial charge in [-0.3, -0.25) is 0 Å². The Morgan fingerprint density at radius 2 is 0.901 bits per heavy atom. The molecule has 0 fully saturated rings. The average Bonchev–Trinajstić information content (AvgIpc) is 1.93. The fourth-order valence-corrected chi connectivity index (χ4v) is 17.8. The molecule has 12 rings (SSSR count). The predicted octanol–water partition coefficient (Wildman–Crippen LogP) is 18.8. The topological polar surface area (TPSA) is 9.72 Å². The molecule has 0 atom stereocenters. The van der Waals surface area contributed by atoms with Crippen LogP contribution in [0.15, 0.2) is 133 Å². The number of rotatable bonds is 7. The first kappa shape index (κ1) is 55.9. The first-order valence-electron chi connectivity index (χ1n) is 30.5. The smallest absolute Gasteiger partial charge is 0.264 e. The quantitative estimate of drug-likeness (QED) is 0.147. The lowest BCUT2D eigenvalue weighted by molar-refractivity contribution is 0.332. The first-order chi connectivity index (χ1) is 37.6. The third-order valence-corrected chi connectivity index (χ3v) is 25.2. The summed E-state index contributed by atoms with van der Waals surface area (Å²) < 4.78 is 2.77. The van der Waals surface area contributed by atoms with Crippen LogP contribution in [0.25, 0.3) is 10.1 Å². The second-order valence-electron chi connectivity index (χ2n) is 31.7.